The Bertz CT molecular complexity index is 811. The fraction of sp³-hybridized carbons (Fsp3) is 0.0667. The molecule has 0 N–H and O–H groups in total. The molecule has 22 heavy (non-hydrogen) atoms. The molecule has 0 bridgehead atoms. The van der Waals surface area contributed by atoms with Gasteiger partial charge >= 0.3 is 16.2 Å². The molecule has 0 atom stereocenters. The van der Waals surface area contributed by atoms with E-state index in [1.54, 1.807) is 25.1 Å². The normalized spacial score (nSPS) is 11.1. The minimum Gasteiger partial charge on any atom is -0.373 e. The molecule has 116 valence electrons. The lowest BCUT2D eigenvalue weighted by atomic mass is 10.2. The molecule has 0 radical (unpaired) electrons. The van der Waals surface area contributed by atoms with Gasteiger partial charge in [0.15, 0.2) is 0 Å². The summed E-state index contributed by atoms with van der Waals surface area (Å²) in [6.45, 7) is 1.78. The minimum atomic E-state index is -4.34. The van der Waals surface area contributed by atoms with Crippen LogP contribution in [0.4, 0.5) is 8.78 Å². The van der Waals surface area contributed by atoms with E-state index in [0.29, 0.717) is 4.47 Å². The number of aryl methyl sites for hydroxylation is 1. The molecule has 0 heterocycles. The maximum Gasteiger partial charge on any atom is 0.339 e. The number of rotatable bonds is 4. The predicted molar refractivity (Wildman–Crippen MR) is 82.7 cm³/mol. The van der Waals surface area contributed by atoms with Gasteiger partial charge in [-0.25, -0.2) is 0 Å². The molecule has 7 heteroatoms. The average Bonchev–Trinajstić information content (AvgIpc) is 2.45. The monoisotopic (exact) mass is 388 g/mol. The second-order valence-corrected chi connectivity index (χ2v) is 6.91. The molecule has 2 aromatic rings. The van der Waals surface area contributed by atoms with Crippen LogP contribution in [-0.4, -0.2) is 8.42 Å². The van der Waals surface area contributed by atoms with Crippen LogP contribution in [-0.2, 0) is 14.3 Å². The summed E-state index contributed by atoms with van der Waals surface area (Å²) in [5.41, 5.74) is 0.809. The number of halogens is 3. The van der Waals surface area contributed by atoms with Crippen LogP contribution in [0.25, 0.3) is 5.76 Å². The molecule has 0 aliphatic heterocycles. The third kappa shape index (κ3) is 3.92. The first-order chi connectivity index (χ1) is 10.3. The molecule has 0 spiro atoms. The van der Waals surface area contributed by atoms with E-state index in [9.17, 15) is 17.2 Å². The van der Waals surface area contributed by atoms with Gasteiger partial charge in [0.1, 0.15) is 4.90 Å². The molecule has 0 aromatic heterocycles. The van der Waals surface area contributed by atoms with E-state index in [1.165, 1.54) is 30.3 Å². The van der Waals surface area contributed by atoms with Crippen LogP contribution in [0.15, 0.2) is 64.0 Å². The van der Waals surface area contributed by atoms with Crippen molar-refractivity contribution in [2.45, 2.75) is 11.8 Å². The fourth-order valence-corrected chi connectivity index (χ4v) is 3.02. The number of benzene rings is 2. The van der Waals surface area contributed by atoms with Gasteiger partial charge in [0.2, 0.25) is 5.76 Å². The topological polar surface area (TPSA) is 43.4 Å². The summed E-state index contributed by atoms with van der Waals surface area (Å²) in [6, 6.07) is 11.5. The van der Waals surface area contributed by atoms with E-state index in [0.717, 1.165) is 5.56 Å². The Morgan fingerprint density at radius 1 is 1.09 bits per heavy atom. The molecule has 0 saturated carbocycles. The van der Waals surface area contributed by atoms with Crippen molar-refractivity contribution in [1.29, 1.82) is 0 Å². The maximum absolute atomic E-state index is 13.1. The van der Waals surface area contributed by atoms with E-state index >= 15 is 0 Å². The Morgan fingerprint density at radius 2 is 1.73 bits per heavy atom. The van der Waals surface area contributed by atoms with Gasteiger partial charge in [-0.3, -0.25) is 0 Å². The largest absolute Gasteiger partial charge is 0.373 e. The van der Waals surface area contributed by atoms with Gasteiger partial charge in [0.25, 0.3) is 0 Å². The van der Waals surface area contributed by atoms with E-state index < -0.39 is 22.0 Å². The van der Waals surface area contributed by atoms with E-state index in [2.05, 4.69) is 20.1 Å². The predicted octanol–water partition coefficient (Wildman–Crippen LogP) is 4.73. The van der Waals surface area contributed by atoms with Gasteiger partial charge in [-0.15, -0.1) is 0 Å². The highest BCUT2D eigenvalue weighted by Crippen LogP contribution is 2.28. The zero-order chi connectivity index (χ0) is 16.3. The molecular formula is C15H11BrF2O3S. The van der Waals surface area contributed by atoms with Crippen LogP contribution in [0.1, 0.15) is 11.1 Å². The Hall–Kier alpha value is -1.73. The molecule has 0 saturated heterocycles. The smallest absolute Gasteiger partial charge is 0.339 e. The Balaban J connectivity index is 2.41. The zero-order valence-corrected chi connectivity index (χ0v) is 13.8. The Labute approximate surface area is 135 Å². The maximum atomic E-state index is 13.1. The molecule has 0 aliphatic carbocycles. The van der Waals surface area contributed by atoms with Crippen molar-refractivity contribution in [2.75, 3.05) is 0 Å². The van der Waals surface area contributed by atoms with Crippen molar-refractivity contribution in [3.05, 3.63) is 70.2 Å². The van der Waals surface area contributed by atoms with E-state index in [-0.39, 0.29) is 10.5 Å². The lowest BCUT2D eigenvalue weighted by Gasteiger charge is -2.10. The molecule has 0 unspecified atom stereocenters. The molecule has 2 rings (SSSR count). The van der Waals surface area contributed by atoms with Crippen molar-refractivity contribution in [1.82, 2.24) is 0 Å². The second-order valence-electron chi connectivity index (χ2n) is 4.45. The lowest BCUT2D eigenvalue weighted by Crippen LogP contribution is -2.06. The first-order valence-corrected chi connectivity index (χ1v) is 8.32. The van der Waals surface area contributed by atoms with Crippen LogP contribution in [0.3, 0.4) is 0 Å². The van der Waals surface area contributed by atoms with Crippen molar-refractivity contribution >= 4 is 31.8 Å². The summed E-state index contributed by atoms with van der Waals surface area (Å²) in [4.78, 5) is -0.188. The van der Waals surface area contributed by atoms with Crippen molar-refractivity contribution in [2.24, 2.45) is 0 Å². The summed E-state index contributed by atoms with van der Waals surface area (Å²) < 4.78 is 55.6. The van der Waals surface area contributed by atoms with Crippen molar-refractivity contribution < 1.29 is 21.4 Å². The summed E-state index contributed by atoms with van der Waals surface area (Å²) in [7, 11) is -4.34. The van der Waals surface area contributed by atoms with Crippen LogP contribution < -0.4 is 0 Å². The Morgan fingerprint density at radius 3 is 2.27 bits per heavy atom. The fourth-order valence-electron chi connectivity index (χ4n) is 1.68. The summed E-state index contributed by atoms with van der Waals surface area (Å²) in [6.07, 6.45) is -2.21. The molecule has 2 aromatic carbocycles. The van der Waals surface area contributed by atoms with Crippen LogP contribution >= 0.6 is 15.9 Å². The molecular weight excluding hydrogens is 378 g/mol. The minimum absolute atomic E-state index is 0.0370. The highest BCUT2D eigenvalue weighted by molar-refractivity contribution is 9.10. The van der Waals surface area contributed by atoms with Gasteiger partial charge in [-0.05, 0) is 31.2 Å². The third-order valence-electron chi connectivity index (χ3n) is 2.76. The van der Waals surface area contributed by atoms with Crippen molar-refractivity contribution in [3.63, 3.8) is 0 Å². The molecule has 3 nitrogen and oxygen atoms in total. The van der Waals surface area contributed by atoms with E-state index in [4.69, 9.17) is 0 Å². The standard InChI is InChI=1S/C15H11BrF2O3S/c1-10-5-7-13(8-6-10)22(19,20)21-14(15(17)18)11-3-2-4-12(16)9-11/h2-9H,1H3. The van der Waals surface area contributed by atoms with Gasteiger partial charge in [-0.2, -0.15) is 17.2 Å². The quantitative estimate of drug-likeness (QED) is 0.561. The first kappa shape index (κ1) is 16.6. The van der Waals surface area contributed by atoms with Gasteiger partial charge < -0.3 is 4.18 Å². The first-order valence-electron chi connectivity index (χ1n) is 6.12. The highest BCUT2D eigenvalue weighted by atomic mass is 79.9. The summed E-state index contributed by atoms with van der Waals surface area (Å²) >= 11 is 3.14. The molecule has 0 fully saturated rings. The van der Waals surface area contributed by atoms with Crippen molar-refractivity contribution in [3.8, 4) is 0 Å². The van der Waals surface area contributed by atoms with Gasteiger partial charge in [0, 0.05) is 10.0 Å². The van der Waals surface area contributed by atoms with Gasteiger partial charge in [-0.1, -0.05) is 45.8 Å². The summed E-state index contributed by atoms with van der Waals surface area (Å²) in [5.74, 6) is -0.984. The van der Waals surface area contributed by atoms with Crippen LogP contribution in [0.2, 0.25) is 0 Å². The molecule has 0 amide bonds. The number of hydrogen-bond acceptors (Lipinski definition) is 3. The van der Waals surface area contributed by atoms with Crippen LogP contribution in [0.5, 0.6) is 0 Å². The SMILES string of the molecule is Cc1ccc(S(=O)(=O)OC(=C(F)F)c2cccc(Br)c2)cc1. The van der Waals surface area contributed by atoms with E-state index in [1.807, 2.05) is 0 Å². The Kier molecular flexibility index (Phi) is 4.97. The van der Waals surface area contributed by atoms with Gasteiger partial charge in [0.05, 0.1) is 0 Å². The lowest BCUT2D eigenvalue weighted by molar-refractivity contribution is 0.381. The summed E-state index contributed by atoms with van der Waals surface area (Å²) in [5, 5.41) is 0. The number of hydrogen-bond donors (Lipinski definition) is 0. The second kappa shape index (κ2) is 6.58. The van der Waals surface area contributed by atoms with Crippen LogP contribution in [0, 0.1) is 6.92 Å². The third-order valence-corrected chi connectivity index (χ3v) is 4.49. The molecule has 0 aliphatic rings. The zero-order valence-electron chi connectivity index (χ0n) is 11.4. The average molecular weight is 389 g/mol. The highest BCUT2D eigenvalue weighted by Gasteiger charge is 2.22.